The third-order valence-electron chi connectivity index (χ3n) is 5.69. The summed E-state index contributed by atoms with van der Waals surface area (Å²) in [5.74, 6) is -0.137. The summed E-state index contributed by atoms with van der Waals surface area (Å²) >= 11 is 1.70. The zero-order valence-electron chi connectivity index (χ0n) is 15.1. The van der Waals surface area contributed by atoms with Gasteiger partial charge in [0.05, 0.1) is 6.54 Å². The molecular formula is C18H23N5O2S. The fourth-order valence-corrected chi connectivity index (χ4v) is 4.83. The molecule has 138 valence electrons. The van der Waals surface area contributed by atoms with E-state index in [1.165, 1.54) is 6.42 Å². The van der Waals surface area contributed by atoms with Crippen molar-refractivity contribution in [1.82, 2.24) is 24.8 Å². The molecule has 1 saturated carbocycles. The van der Waals surface area contributed by atoms with Crippen molar-refractivity contribution in [3.05, 3.63) is 44.5 Å². The number of thiazole rings is 1. The molecule has 1 aliphatic heterocycles. The highest BCUT2D eigenvalue weighted by atomic mass is 32.1. The Morgan fingerprint density at radius 2 is 2.23 bits per heavy atom. The number of aromatic amines is 1. The summed E-state index contributed by atoms with van der Waals surface area (Å²) in [6.07, 6.45) is 5.06. The Kier molecular flexibility index (Phi) is 4.40. The van der Waals surface area contributed by atoms with Crippen LogP contribution in [0.15, 0.2) is 22.4 Å². The van der Waals surface area contributed by atoms with Crippen molar-refractivity contribution in [1.29, 1.82) is 0 Å². The third kappa shape index (κ3) is 3.31. The van der Waals surface area contributed by atoms with Crippen LogP contribution in [0.25, 0.3) is 0 Å². The lowest BCUT2D eigenvalue weighted by atomic mass is 9.92. The molecule has 1 N–H and O–H groups in total. The Labute approximate surface area is 156 Å². The van der Waals surface area contributed by atoms with Crippen LogP contribution in [0.5, 0.6) is 0 Å². The lowest BCUT2D eigenvalue weighted by Gasteiger charge is -2.34. The van der Waals surface area contributed by atoms with Crippen LogP contribution < -0.4 is 5.69 Å². The van der Waals surface area contributed by atoms with Crippen molar-refractivity contribution >= 4 is 17.2 Å². The summed E-state index contributed by atoms with van der Waals surface area (Å²) in [6, 6.07) is 2.22. The van der Waals surface area contributed by atoms with Gasteiger partial charge in [-0.05, 0) is 44.7 Å². The van der Waals surface area contributed by atoms with E-state index in [-0.39, 0.29) is 11.6 Å². The molecule has 3 heterocycles. The number of nitrogens with zero attached hydrogens (tertiary/aromatic N) is 4. The number of amides is 1. The molecule has 2 aliphatic rings. The van der Waals surface area contributed by atoms with E-state index in [4.69, 9.17) is 0 Å². The number of aromatic nitrogens is 3. The summed E-state index contributed by atoms with van der Waals surface area (Å²) < 4.78 is 0. The molecule has 0 unspecified atom stereocenters. The maximum Gasteiger partial charge on any atom is 0.345 e. The van der Waals surface area contributed by atoms with Crippen molar-refractivity contribution in [2.75, 3.05) is 20.1 Å². The van der Waals surface area contributed by atoms with Gasteiger partial charge < -0.3 is 9.88 Å². The fraction of sp³-hybridized carbons (Fsp3) is 0.556. The summed E-state index contributed by atoms with van der Waals surface area (Å²) in [5, 5.41) is 3.17. The number of hydrogen-bond donors (Lipinski definition) is 1. The molecule has 1 atom stereocenters. The number of hydrogen-bond acceptors (Lipinski definition) is 6. The summed E-state index contributed by atoms with van der Waals surface area (Å²) in [6.45, 7) is 4.11. The Balaban J connectivity index is 1.36. The van der Waals surface area contributed by atoms with Gasteiger partial charge in [0.2, 0.25) is 0 Å². The van der Waals surface area contributed by atoms with Crippen LogP contribution in [0.2, 0.25) is 0 Å². The molecule has 1 spiro atoms. The number of nitrogens with one attached hydrogen (secondary N) is 1. The second kappa shape index (κ2) is 6.59. The van der Waals surface area contributed by atoms with Gasteiger partial charge in [0.15, 0.2) is 0 Å². The molecule has 0 aromatic carbocycles. The molecule has 7 nitrogen and oxygen atoms in total. The van der Waals surface area contributed by atoms with Crippen molar-refractivity contribution in [2.45, 2.75) is 38.8 Å². The molecule has 26 heavy (non-hydrogen) atoms. The molecule has 1 saturated heterocycles. The average molecular weight is 373 g/mol. The number of carbonyl (C=O) groups excluding carboxylic acids is 1. The van der Waals surface area contributed by atoms with Crippen LogP contribution in [-0.4, -0.2) is 56.8 Å². The van der Waals surface area contributed by atoms with Crippen molar-refractivity contribution in [2.24, 2.45) is 5.41 Å². The molecule has 1 aliphatic carbocycles. The third-order valence-corrected chi connectivity index (χ3v) is 6.46. The van der Waals surface area contributed by atoms with Crippen molar-refractivity contribution in [3.63, 3.8) is 0 Å². The molecule has 2 aromatic rings. The minimum Gasteiger partial charge on any atom is -0.337 e. The van der Waals surface area contributed by atoms with Gasteiger partial charge >= 0.3 is 5.69 Å². The molecule has 2 fully saturated rings. The monoisotopic (exact) mass is 373 g/mol. The van der Waals surface area contributed by atoms with Gasteiger partial charge in [0, 0.05) is 36.4 Å². The molecular weight excluding hydrogens is 350 g/mol. The minimum absolute atomic E-state index is 0.137. The molecule has 0 bridgehead atoms. The standard InChI is InChI=1S/C18H23N5O2S/c1-12-9-13(21-17(25)20-12)16(24)23-6-3-18(4-7-23)10-14(18)22(2)11-15-19-5-8-26-15/h5,8-9,14H,3-4,6-7,10-11H2,1-2H3,(H,20,21,25)/t14-/m0/s1. The second-order valence-corrected chi connectivity index (χ2v) is 8.45. The lowest BCUT2D eigenvalue weighted by molar-refractivity contribution is 0.0651. The number of carbonyl (C=O) groups is 1. The molecule has 4 rings (SSSR count). The van der Waals surface area contributed by atoms with Gasteiger partial charge in [-0.2, -0.15) is 4.98 Å². The van der Waals surface area contributed by atoms with Gasteiger partial charge in [-0.15, -0.1) is 11.3 Å². The van der Waals surface area contributed by atoms with E-state index in [1.54, 1.807) is 24.3 Å². The number of aryl methyl sites for hydroxylation is 1. The molecule has 2 aromatic heterocycles. The normalized spacial score (nSPS) is 21.3. The topological polar surface area (TPSA) is 82.2 Å². The number of likely N-dealkylation sites (tertiary alicyclic amines) is 1. The number of H-pyrrole nitrogens is 1. The first kappa shape index (κ1) is 17.4. The van der Waals surface area contributed by atoms with Gasteiger partial charge in [0.1, 0.15) is 10.7 Å². The number of rotatable bonds is 4. The quantitative estimate of drug-likeness (QED) is 0.881. The van der Waals surface area contributed by atoms with Gasteiger partial charge in [-0.25, -0.2) is 9.78 Å². The predicted molar refractivity (Wildman–Crippen MR) is 99.2 cm³/mol. The van der Waals surface area contributed by atoms with E-state index in [0.717, 1.165) is 37.5 Å². The maximum atomic E-state index is 12.7. The van der Waals surface area contributed by atoms with Crippen molar-refractivity contribution < 1.29 is 4.79 Å². The highest BCUT2D eigenvalue weighted by molar-refractivity contribution is 7.09. The summed E-state index contributed by atoms with van der Waals surface area (Å²) in [4.78, 5) is 39.2. The molecule has 0 radical (unpaired) electrons. The Morgan fingerprint density at radius 3 is 2.88 bits per heavy atom. The average Bonchev–Trinajstić information content (AvgIpc) is 3.05. The Morgan fingerprint density at radius 1 is 1.46 bits per heavy atom. The molecule has 8 heteroatoms. The first-order valence-corrected chi connectivity index (χ1v) is 9.81. The lowest BCUT2D eigenvalue weighted by Crippen LogP contribution is -2.42. The van der Waals surface area contributed by atoms with Crippen LogP contribution >= 0.6 is 11.3 Å². The first-order valence-electron chi connectivity index (χ1n) is 8.93. The maximum absolute atomic E-state index is 12.7. The van der Waals surface area contributed by atoms with Crippen LogP contribution in [-0.2, 0) is 6.54 Å². The van der Waals surface area contributed by atoms with E-state index in [0.29, 0.717) is 17.2 Å². The van der Waals surface area contributed by atoms with Crippen molar-refractivity contribution in [3.8, 4) is 0 Å². The van der Waals surface area contributed by atoms with E-state index in [1.807, 2.05) is 16.5 Å². The van der Waals surface area contributed by atoms with E-state index in [9.17, 15) is 9.59 Å². The zero-order chi connectivity index (χ0) is 18.3. The molecule has 1 amide bonds. The smallest absolute Gasteiger partial charge is 0.337 e. The highest BCUT2D eigenvalue weighted by Crippen LogP contribution is 2.56. The Bertz CT molecular complexity index is 855. The van der Waals surface area contributed by atoms with Crippen LogP contribution in [0.1, 0.15) is 40.5 Å². The largest absolute Gasteiger partial charge is 0.345 e. The Hall–Kier alpha value is -2.06. The van der Waals surface area contributed by atoms with Gasteiger partial charge in [0.25, 0.3) is 5.91 Å². The second-order valence-electron chi connectivity index (χ2n) is 7.47. The van der Waals surface area contributed by atoms with Gasteiger partial charge in [-0.1, -0.05) is 0 Å². The highest BCUT2D eigenvalue weighted by Gasteiger charge is 2.56. The van der Waals surface area contributed by atoms with E-state index >= 15 is 0 Å². The van der Waals surface area contributed by atoms with E-state index < -0.39 is 5.69 Å². The van der Waals surface area contributed by atoms with E-state index in [2.05, 4.69) is 26.9 Å². The summed E-state index contributed by atoms with van der Waals surface area (Å²) in [5.41, 5.74) is 0.775. The first-order chi connectivity index (χ1) is 12.5. The SMILES string of the molecule is Cc1cc(C(=O)N2CCC3(CC2)C[C@@H]3N(C)Cc2nccs2)nc(=O)[nH]1. The predicted octanol–water partition coefficient (Wildman–Crippen LogP) is 1.66. The summed E-state index contributed by atoms with van der Waals surface area (Å²) in [7, 11) is 2.17. The van der Waals surface area contributed by atoms with Crippen LogP contribution in [0, 0.1) is 12.3 Å². The van der Waals surface area contributed by atoms with Crippen LogP contribution in [0.3, 0.4) is 0 Å². The van der Waals surface area contributed by atoms with Gasteiger partial charge in [-0.3, -0.25) is 9.69 Å². The fourth-order valence-electron chi connectivity index (χ4n) is 4.15. The minimum atomic E-state index is -0.465. The zero-order valence-corrected chi connectivity index (χ0v) is 15.9. The number of piperidine rings is 1. The van der Waals surface area contributed by atoms with Crippen LogP contribution in [0.4, 0.5) is 0 Å².